The summed E-state index contributed by atoms with van der Waals surface area (Å²) in [5, 5.41) is 24.3. The largest absolute Gasteiger partial charge is 0.457 e. The van der Waals surface area contributed by atoms with Gasteiger partial charge in [-0.15, -0.1) is 10.2 Å². The average molecular weight is 494 g/mol. The summed E-state index contributed by atoms with van der Waals surface area (Å²) in [5.74, 6) is 1.35. The number of rotatable bonds is 8. The van der Waals surface area contributed by atoms with Crippen molar-refractivity contribution >= 4 is 57.1 Å². The molecule has 0 spiro atoms. The SMILES string of the molecule is N#Cc1ccc(Cl)cc1NC(=O)CSc1nnc(Nc2ccc(Oc3ccccc3)cc2)s1. The highest BCUT2D eigenvalue weighted by Gasteiger charge is 2.11. The van der Waals surface area contributed by atoms with Crippen molar-refractivity contribution in [1.29, 1.82) is 5.26 Å². The fourth-order valence-electron chi connectivity index (χ4n) is 2.70. The van der Waals surface area contributed by atoms with Crippen LogP contribution in [-0.2, 0) is 4.79 Å². The van der Waals surface area contributed by atoms with Gasteiger partial charge in [0, 0.05) is 10.7 Å². The number of amides is 1. The Bertz CT molecular complexity index is 1290. The van der Waals surface area contributed by atoms with Crippen LogP contribution in [0, 0.1) is 11.3 Å². The molecular formula is C23H16ClN5O2S2. The van der Waals surface area contributed by atoms with Crippen molar-refractivity contribution in [3.8, 4) is 17.6 Å². The fourth-order valence-corrected chi connectivity index (χ4v) is 4.45. The van der Waals surface area contributed by atoms with Crippen LogP contribution in [0.5, 0.6) is 11.5 Å². The summed E-state index contributed by atoms with van der Waals surface area (Å²) >= 11 is 8.54. The van der Waals surface area contributed by atoms with Gasteiger partial charge in [0.15, 0.2) is 4.34 Å². The van der Waals surface area contributed by atoms with Crippen LogP contribution in [0.25, 0.3) is 0 Å². The molecule has 4 rings (SSSR count). The van der Waals surface area contributed by atoms with E-state index in [2.05, 4.69) is 20.8 Å². The second-order valence-corrected chi connectivity index (χ2v) is 9.21. The molecule has 0 saturated heterocycles. The molecule has 0 atom stereocenters. The molecule has 2 N–H and O–H groups in total. The van der Waals surface area contributed by atoms with Gasteiger partial charge in [-0.05, 0) is 54.6 Å². The molecule has 164 valence electrons. The molecule has 7 nitrogen and oxygen atoms in total. The molecule has 0 bridgehead atoms. The Morgan fingerprint density at radius 2 is 1.82 bits per heavy atom. The van der Waals surface area contributed by atoms with E-state index >= 15 is 0 Å². The number of halogens is 1. The summed E-state index contributed by atoms with van der Waals surface area (Å²) in [6.45, 7) is 0. The molecule has 0 unspecified atom stereocenters. The quantitative estimate of drug-likeness (QED) is 0.276. The number of para-hydroxylation sites is 1. The molecule has 0 aliphatic carbocycles. The van der Waals surface area contributed by atoms with Crippen LogP contribution in [0.4, 0.5) is 16.5 Å². The maximum atomic E-state index is 12.3. The third-order valence-corrected chi connectivity index (χ3v) is 6.40. The van der Waals surface area contributed by atoms with Gasteiger partial charge in [-0.3, -0.25) is 4.79 Å². The minimum atomic E-state index is -0.266. The number of aromatic nitrogens is 2. The number of ether oxygens (including phenoxy) is 1. The number of nitrogens with zero attached hydrogens (tertiary/aromatic N) is 3. The lowest BCUT2D eigenvalue weighted by Crippen LogP contribution is -2.14. The highest BCUT2D eigenvalue weighted by Crippen LogP contribution is 2.29. The van der Waals surface area contributed by atoms with Gasteiger partial charge in [-0.25, -0.2) is 0 Å². The van der Waals surface area contributed by atoms with E-state index in [4.69, 9.17) is 21.6 Å². The van der Waals surface area contributed by atoms with Gasteiger partial charge in [0.25, 0.3) is 0 Å². The van der Waals surface area contributed by atoms with E-state index in [9.17, 15) is 4.79 Å². The van der Waals surface area contributed by atoms with Crippen molar-refractivity contribution < 1.29 is 9.53 Å². The Balaban J connectivity index is 1.29. The number of carbonyl (C=O) groups is 1. The van der Waals surface area contributed by atoms with Gasteiger partial charge in [0.2, 0.25) is 11.0 Å². The maximum Gasteiger partial charge on any atom is 0.234 e. The second-order valence-electron chi connectivity index (χ2n) is 6.58. The zero-order chi connectivity index (χ0) is 23.0. The van der Waals surface area contributed by atoms with Gasteiger partial charge in [-0.2, -0.15) is 5.26 Å². The van der Waals surface area contributed by atoms with E-state index in [1.54, 1.807) is 18.2 Å². The van der Waals surface area contributed by atoms with Crippen molar-refractivity contribution in [1.82, 2.24) is 10.2 Å². The first-order chi connectivity index (χ1) is 16.1. The minimum Gasteiger partial charge on any atom is -0.457 e. The Morgan fingerprint density at radius 3 is 2.58 bits per heavy atom. The zero-order valence-electron chi connectivity index (χ0n) is 17.0. The lowest BCUT2D eigenvalue weighted by molar-refractivity contribution is -0.113. The first kappa shape index (κ1) is 22.6. The molecule has 33 heavy (non-hydrogen) atoms. The number of anilines is 3. The van der Waals surface area contributed by atoms with Crippen molar-refractivity contribution in [3.63, 3.8) is 0 Å². The number of nitriles is 1. The van der Waals surface area contributed by atoms with Crippen LogP contribution in [0.2, 0.25) is 5.02 Å². The summed E-state index contributed by atoms with van der Waals surface area (Å²) in [7, 11) is 0. The molecule has 1 heterocycles. The van der Waals surface area contributed by atoms with Crippen molar-refractivity contribution in [2.24, 2.45) is 0 Å². The standard InChI is InChI=1S/C23H16ClN5O2S2/c24-16-7-6-15(13-25)20(12-16)27-21(30)14-32-23-29-28-22(33-23)26-17-8-10-19(11-9-17)31-18-4-2-1-3-5-18/h1-12H,14H2,(H,26,28)(H,27,30). The maximum absolute atomic E-state index is 12.3. The van der Waals surface area contributed by atoms with Gasteiger partial charge in [0.05, 0.1) is 17.0 Å². The van der Waals surface area contributed by atoms with E-state index < -0.39 is 0 Å². The number of benzene rings is 3. The van der Waals surface area contributed by atoms with Crippen LogP contribution in [0.15, 0.2) is 77.1 Å². The molecule has 0 saturated carbocycles. The predicted molar refractivity (Wildman–Crippen MR) is 132 cm³/mol. The third kappa shape index (κ3) is 6.46. The van der Waals surface area contributed by atoms with Crippen LogP contribution in [0.1, 0.15) is 5.56 Å². The third-order valence-electron chi connectivity index (χ3n) is 4.19. The average Bonchev–Trinajstić information content (AvgIpc) is 3.27. The molecule has 3 aromatic carbocycles. The smallest absolute Gasteiger partial charge is 0.234 e. The second kappa shape index (κ2) is 10.8. The molecule has 0 aliphatic heterocycles. The van der Waals surface area contributed by atoms with Gasteiger partial charge >= 0.3 is 0 Å². The monoisotopic (exact) mass is 493 g/mol. The van der Waals surface area contributed by atoms with E-state index in [-0.39, 0.29) is 11.7 Å². The van der Waals surface area contributed by atoms with E-state index in [0.717, 1.165) is 17.2 Å². The topological polar surface area (TPSA) is 99.9 Å². The number of hydrogen-bond acceptors (Lipinski definition) is 8. The van der Waals surface area contributed by atoms with Crippen molar-refractivity contribution in [2.45, 2.75) is 4.34 Å². The summed E-state index contributed by atoms with van der Waals surface area (Å²) in [6.07, 6.45) is 0. The first-order valence-corrected chi connectivity index (χ1v) is 11.8. The summed E-state index contributed by atoms with van der Waals surface area (Å²) in [6, 6.07) is 23.8. The number of thioether (sulfide) groups is 1. The minimum absolute atomic E-state index is 0.123. The van der Waals surface area contributed by atoms with Crippen molar-refractivity contribution in [2.75, 3.05) is 16.4 Å². The predicted octanol–water partition coefficient (Wildman–Crippen LogP) is 6.33. The summed E-state index contributed by atoms with van der Waals surface area (Å²) in [4.78, 5) is 12.3. The Labute approximate surface area is 203 Å². The molecule has 0 fully saturated rings. The van der Waals surface area contributed by atoms with Gasteiger partial charge in [0.1, 0.15) is 17.6 Å². The number of hydrogen-bond donors (Lipinski definition) is 2. The normalized spacial score (nSPS) is 10.3. The Hall–Kier alpha value is -3.58. The van der Waals surface area contributed by atoms with E-state index in [1.165, 1.54) is 23.1 Å². The van der Waals surface area contributed by atoms with Crippen LogP contribution in [0.3, 0.4) is 0 Å². The molecule has 1 aromatic heterocycles. The molecular weight excluding hydrogens is 478 g/mol. The molecule has 4 aromatic rings. The zero-order valence-corrected chi connectivity index (χ0v) is 19.4. The summed E-state index contributed by atoms with van der Waals surface area (Å²) in [5.41, 5.74) is 1.57. The first-order valence-electron chi connectivity index (χ1n) is 9.65. The fraction of sp³-hybridized carbons (Fsp3) is 0.0435. The number of carbonyl (C=O) groups excluding carboxylic acids is 1. The van der Waals surface area contributed by atoms with E-state index in [0.29, 0.717) is 25.7 Å². The van der Waals surface area contributed by atoms with Gasteiger partial charge < -0.3 is 15.4 Å². The van der Waals surface area contributed by atoms with Crippen molar-refractivity contribution in [3.05, 3.63) is 83.4 Å². The molecule has 1 amide bonds. The Morgan fingerprint density at radius 1 is 1.06 bits per heavy atom. The lowest BCUT2D eigenvalue weighted by atomic mass is 10.2. The molecule has 0 aliphatic rings. The highest BCUT2D eigenvalue weighted by atomic mass is 35.5. The van der Waals surface area contributed by atoms with Crippen LogP contribution >= 0.6 is 34.7 Å². The Kier molecular flexibility index (Phi) is 7.42. The molecule has 0 radical (unpaired) electrons. The van der Waals surface area contributed by atoms with E-state index in [1.807, 2.05) is 60.7 Å². The van der Waals surface area contributed by atoms with Crippen LogP contribution < -0.4 is 15.4 Å². The van der Waals surface area contributed by atoms with Gasteiger partial charge in [-0.1, -0.05) is 52.9 Å². The van der Waals surface area contributed by atoms with Crippen LogP contribution in [-0.4, -0.2) is 21.9 Å². The highest BCUT2D eigenvalue weighted by molar-refractivity contribution is 8.01. The molecule has 10 heteroatoms. The number of nitrogens with one attached hydrogen (secondary N) is 2. The lowest BCUT2D eigenvalue weighted by Gasteiger charge is -2.07. The summed E-state index contributed by atoms with van der Waals surface area (Å²) < 4.78 is 6.43.